The van der Waals surface area contributed by atoms with Crippen LogP contribution in [0.5, 0.6) is 0 Å². The summed E-state index contributed by atoms with van der Waals surface area (Å²) in [7, 11) is 0. The Labute approximate surface area is 108 Å². The van der Waals surface area contributed by atoms with E-state index in [2.05, 4.69) is 42.5 Å². The summed E-state index contributed by atoms with van der Waals surface area (Å²) in [6.07, 6.45) is 2.15. The van der Waals surface area contributed by atoms with Crippen LogP contribution in [0.25, 0.3) is 10.8 Å². The predicted molar refractivity (Wildman–Crippen MR) is 74.4 cm³/mol. The van der Waals surface area contributed by atoms with Gasteiger partial charge in [0.15, 0.2) is 0 Å². The van der Waals surface area contributed by atoms with Crippen molar-refractivity contribution >= 4 is 10.8 Å². The summed E-state index contributed by atoms with van der Waals surface area (Å²) in [4.78, 5) is 0. The molecule has 0 radical (unpaired) electrons. The SMILES string of the molecule is N[C@H](c1ccc2ccccc2c1)C1CCOCC1. The van der Waals surface area contributed by atoms with Crippen molar-refractivity contribution in [3.63, 3.8) is 0 Å². The lowest BCUT2D eigenvalue weighted by atomic mass is 9.87. The van der Waals surface area contributed by atoms with Crippen LogP contribution >= 0.6 is 0 Å². The average Bonchev–Trinajstić information content (AvgIpc) is 2.47. The van der Waals surface area contributed by atoms with Gasteiger partial charge in [-0.05, 0) is 41.2 Å². The van der Waals surface area contributed by atoms with Gasteiger partial charge in [0.2, 0.25) is 0 Å². The zero-order valence-electron chi connectivity index (χ0n) is 10.5. The molecule has 0 aromatic heterocycles. The van der Waals surface area contributed by atoms with Gasteiger partial charge in [0.05, 0.1) is 0 Å². The van der Waals surface area contributed by atoms with E-state index in [0.29, 0.717) is 5.92 Å². The first kappa shape index (κ1) is 11.7. The molecule has 1 heterocycles. The number of hydrogen-bond donors (Lipinski definition) is 1. The van der Waals surface area contributed by atoms with E-state index in [4.69, 9.17) is 10.5 Å². The minimum atomic E-state index is 0.138. The van der Waals surface area contributed by atoms with Crippen molar-refractivity contribution in [1.82, 2.24) is 0 Å². The maximum Gasteiger partial charge on any atom is 0.0469 e. The van der Waals surface area contributed by atoms with Crippen LogP contribution in [0.1, 0.15) is 24.4 Å². The van der Waals surface area contributed by atoms with Crippen LogP contribution in [0.4, 0.5) is 0 Å². The van der Waals surface area contributed by atoms with Crippen LogP contribution < -0.4 is 5.73 Å². The quantitative estimate of drug-likeness (QED) is 0.875. The van der Waals surface area contributed by atoms with Crippen molar-refractivity contribution in [3.8, 4) is 0 Å². The molecule has 2 nitrogen and oxygen atoms in total. The van der Waals surface area contributed by atoms with Crippen molar-refractivity contribution in [2.75, 3.05) is 13.2 Å². The van der Waals surface area contributed by atoms with Crippen molar-refractivity contribution in [2.45, 2.75) is 18.9 Å². The van der Waals surface area contributed by atoms with Crippen LogP contribution in [0, 0.1) is 5.92 Å². The number of ether oxygens (including phenoxy) is 1. The van der Waals surface area contributed by atoms with Crippen LogP contribution in [0.2, 0.25) is 0 Å². The molecule has 1 aliphatic rings. The third-order valence-electron chi connectivity index (χ3n) is 3.93. The van der Waals surface area contributed by atoms with Gasteiger partial charge in [-0.25, -0.2) is 0 Å². The summed E-state index contributed by atoms with van der Waals surface area (Å²) < 4.78 is 5.40. The molecular formula is C16H19NO. The van der Waals surface area contributed by atoms with Crippen LogP contribution in [-0.4, -0.2) is 13.2 Å². The van der Waals surface area contributed by atoms with E-state index >= 15 is 0 Å². The Hall–Kier alpha value is -1.38. The maximum atomic E-state index is 6.41. The van der Waals surface area contributed by atoms with E-state index in [1.165, 1.54) is 16.3 Å². The first-order chi connectivity index (χ1) is 8.84. The summed E-state index contributed by atoms with van der Waals surface area (Å²) in [6.45, 7) is 1.71. The van der Waals surface area contributed by atoms with Gasteiger partial charge in [-0.3, -0.25) is 0 Å². The van der Waals surface area contributed by atoms with E-state index in [1.807, 2.05) is 0 Å². The zero-order chi connectivity index (χ0) is 12.4. The topological polar surface area (TPSA) is 35.2 Å². The number of benzene rings is 2. The highest BCUT2D eigenvalue weighted by atomic mass is 16.5. The standard InChI is InChI=1S/C16H19NO/c17-16(13-7-9-18-10-8-13)15-6-5-12-3-1-2-4-14(12)11-15/h1-6,11,13,16H,7-10,17H2/t16-/m0/s1. The Morgan fingerprint density at radius 3 is 2.50 bits per heavy atom. The number of fused-ring (bicyclic) bond motifs is 1. The molecule has 2 heteroatoms. The maximum absolute atomic E-state index is 6.41. The minimum Gasteiger partial charge on any atom is -0.381 e. The van der Waals surface area contributed by atoms with Gasteiger partial charge in [0, 0.05) is 19.3 Å². The summed E-state index contributed by atoms with van der Waals surface area (Å²) in [5, 5.41) is 2.55. The Morgan fingerprint density at radius 2 is 1.72 bits per heavy atom. The fourth-order valence-electron chi connectivity index (χ4n) is 2.76. The first-order valence-electron chi connectivity index (χ1n) is 6.66. The third kappa shape index (κ3) is 2.26. The molecule has 0 unspecified atom stereocenters. The van der Waals surface area contributed by atoms with Crippen molar-refractivity contribution in [2.24, 2.45) is 11.7 Å². The molecule has 0 aliphatic carbocycles. The van der Waals surface area contributed by atoms with E-state index < -0.39 is 0 Å². The molecule has 3 rings (SSSR count). The Kier molecular flexibility index (Phi) is 3.31. The van der Waals surface area contributed by atoms with Gasteiger partial charge in [-0.2, -0.15) is 0 Å². The fourth-order valence-corrected chi connectivity index (χ4v) is 2.76. The highest BCUT2D eigenvalue weighted by Crippen LogP contribution is 2.29. The Bertz CT molecular complexity index is 531. The number of rotatable bonds is 2. The van der Waals surface area contributed by atoms with E-state index in [1.54, 1.807) is 0 Å². The predicted octanol–water partition coefficient (Wildman–Crippen LogP) is 3.27. The first-order valence-corrected chi connectivity index (χ1v) is 6.66. The molecule has 1 saturated heterocycles. The molecule has 2 aromatic carbocycles. The molecule has 18 heavy (non-hydrogen) atoms. The highest BCUT2D eigenvalue weighted by Gasteiger charge is 2.22. The van der Waals surface area contributed by atoms with Crippen LogP contribution in [0.15, 0.2) is 42.5 Å². The van der Waals surface area contributed by atoms with E-state index in [-0.39, 0.29) is 6.04 Å². The van der Waals surface area contributed by atoms with Gasteiger partial charge in [-0.15, -0.1) is 0 Å². The molecule has 0 bridgehead atoms. The summed E-state index contributed by atoms with van der Waals surface area (Å²) in [5.74, 6) is 0.555. The Morgan fingerprint density at radius 1 is 1.00 bits per heavy atom. The van der Waals surface area contributed by atoms with E-state index in [0.717, 1.165) is 26.1 Å². The molecule has 94 valence electrons. The molecule has 1 fully saturated rings. The molecule has 0 spiro atoms. The average molecular weight is 241 g/mol. The number of hydrogen-bond acceptors (Lipinski definition) is 2. The summed E-state index contributed by atoms with van der Waals surface area (Å²) in [5.41, 5.74) is 7.66. The highest BCUT2D eigenvalue weighted by molar-refractivity contribution is 5.83. The molecule has 1 atom stereocenters. The number of nitrogens with two attached hydrogens (primary N) is 1. The second kappa shape index (κ2) is 5.09. The fraction of sp³-hybridized carbons (Fsp3) is 0.375. The smallest absolute Gasteiger partial charge is 0.0469 e. The third-order valence-corrected chi connectivity index (χ3v) is 3.93. The lowest BCUT2D eigenvalue weighted by Gasteiger charge is -2.28. The molecule has 0 saturated carbocycles. The van der Waals surface area contributed by atoms with Gasteiger partial charge >= 0.3 is 0 Å². The van der Waals surface area contributed by atoms with Crippen molar-refractivity contribution < 1.29 is 4.74 Å². The molecule has 1 aliphatic heterocycles. The van der Waals surface area contributed by atoms with Gasteiger partial charge in [0.25, 0.3) is 0 Å². The molecule has 2 N–H and O–H groups in total. The van der Waals surface area contributed by atoms with Crippen molar-refractivity contribution in [1.29, 1.82) is 0 Å². The zero-order valence-corrected chi connectivity index (χ0v) is 10.5. The van der Waals surface area contributed by atoms with Gasteiger partial charge in [-0.1, -0.05) is 36.4 Å². The lowest BCUT2D eigenvalue weighted by molar-refractivity contribution is 0.0584. The van der Waals surface area contributed by atoms with Gasteiger partial charge in [0.1, 0.15) is 0 Å². The largest absolute Gasteiger partial charge is 0.381 e. The monoisotopic (exact) mass is 241 g/mol. The van der Waals surface area contributed by atoms with Crippen LogP contribution in [-0.2, 0) is 4.74 Å². The second-order valence-electron chi connectivity index (χ2n) is 5.08. The van der Waals surface area contributed by atoms with Gasteiger partial charge < -0.3 is 10.5 Å². The summed E-state index contributed by atoms with van der Waals surface area (Å²) >= 11 is 0. The lowest BCUT2D eigenvalue weighted by Crippen LogP contribution is -2.27. The molecular weight excluding hydrogens is 222 g/mol. The van der Waals surface area contributed by atoms with Crippen molar-refractivity contribution in [3.05, 3.63) is 48.0 Å². The Balaban J connectivity index is 1.88. The molecule has 2 aromatic rings. The summed E-state index contributed by atoms with van der Waals surface area (Å²) in [6, 6.07) is 15.1. The van der Waals surface area contributed by atoms with Crippen LogP contribution in [0.3, 0.4) is 0 Å². The minimum absolute atomic E-state index is 0.138. The second-order valence-corrected chi connectivity index (χ2v) is 5.08. The normalized spacial score (nSPS) is 18.9. The van der Waals surface area contributed by atoms with E-state index in [9.17, 15) is 0 Å². The molecule has 0 amide bonds.